The maximum atomic E-state index is 13.2. The van der Waals surface area contributed by atoms with E-state index >= 15 is 0 Å². The van der Waals surface area contributed by atoms with E-state index in [1.807, 2.05) is 0 Å². The SMILES string of the molecule is CC(C)(C)CCCC(O)c1ccc(Cl)c(F)c1. The summed E-state index contributed by atoms with van der Waals surface area (Å²) >= 11 is 5.59. The van der Waals surface area contributed by atoms with E-state index in [0.717, 1.165) is 12.8 Å². The van der Waals surface area contributed by atoms with Crippen molar-refractivity contribution in [2.24, 2.45) is 5.41 Å². The van der Waals surface area contributed by atoms with Crippen LogP contribution in [0.5, 0.6) is 0 Å². The zero-order chi connectivity index (χ0) is 13.1. The molecule has 0 aliphatic heterocycles. The van der Waals surface area contributed by atoms with Crippen LogP contribution in [0.15, 0.2) is 18.2 Å². The highest BCUT2D eigenvalue weighted by molar-refractivity contribution is 6.30. The summed E-state index contributed by atoms with van der Waals surface area (Å²) in [7, 11) is 0. The van der Waals surface area contributed by atoms with Crippen molar-refractivity contribution in [3.63, 3.8) is 0 Å². The monoisotopic (exact) mass is 258 g/mol. The van der Waals surface area contributed by atoms with Gasteiger partial charge in [-0.15, -0.1) is 0 Å². The van der Waals surface area contributed by atoms with Crippen molar-refractivity contribution >= 4 is 11.6 Å². The first-order valence-corrected chi connectivity index (χ1v) is 6.30. The van der Waals surface area contributed by atoms with E-state index < -0.39 is 11.9 Å². The van der Waals surface area contributed by atoms with Crippen LogP contribution in [0.1, 0.15) is 51.7 Å². The van der Waals surface area contributed by atoms with Crippen molar-refractivity contribution in [2.45, 2.75) is 46.1 Å². The Morgan fingerprint density at radius 2 is 2.00 bits per heavy atom. The molecule has 0 saturated carbocycles. The maximum absolute atomic E-state index is 13.2. The Morgan fingerprint density at radius 1 is 1.35 bits per heavy atom. The average molecular weight is 259 g/mol. The highest BCUT2D eigenvalue weighted by atomic mass is 35.5. The molecule has 1 N–H and O–H groups in total. The predicted octanol–water partition coefficient (Wildman–Crippen LogP) is 4.73. The fraction of sp³-hybridized carbons (Fsp3) is 0.571. The molecule has 0 amide bonds. The standard InChI is InChI=1S/C14H20ClFO/c1-14(2,3)8-4-5-13(17)10-6-7-11(15)12(16)9-10/h6-7,9,13,17H,4-5,8H2,1-3H3. The quantitative estimate of drug-likeness (QED) is 0.828. The number of rotatable bonds is 4. The number of benzene rings is 1. The van der Waals surface area contributed by atoms with Crippen LogP contribution >= 0.6 is 11.6 Å². The fourth-order valence-corrected chi connectivity index (χ4v) is 1.83. The molecule has 0 bridgehead atoms. The molecule has 0 radical (unpaired) electrons. The summed E-state index contributed by atoms with van der Waals surface area (Å²) in [5.41, 5.74) is 0.867. The van der Waals surface area contributed by atoms with E-state index in [4.69, 9.17) is 11.6 Å². The minimum atomic E-state index is -0.607. The molecule has 3 heteroatoms. The molecule has 1 rings (SSSR count). The molecule has 1 unspecified atom stereocenters. The van der Waals surface area contributed by atoms with Gasteiger partial charge in [-0.25, -0.2) is 4.39 Å². The highest BCUT2D eigenvalue weighted by Crippen LogP contribution is 2.27. The van der Waals surface area contributed by atoms with Crippen LogP contribution in [0, 0.1) is 11.2 Å². The zero-order valence-electron chi connectivity index (χ0n) is 10.6. The molecule has 1 aromatic rings. The van der Waals surface area contributed by atoms with Gasteiger partial charge >= 0.3 is 0 Å². The Hall–Kier alpha value is -0.600. The van der Waals surface area contributed by atoms with Gasteiger partial charge in [0.25, 0.3) is 0 Å². The Labute approximate surface area is 108 Å². The second-order valence-corrected chi connectivity index (χ2v) is 6.05. The first-order valence-electron chi connectivity index (χ1n) is 5.92. The molecule has 1 atom stereocenters. The zero-order valence-corrected chi connectivity index (χ0v) is 11.4. The summed E-state index contributed by atoms with van der Waals surface area (Å²) in [6.45, 7) is 6.50. The van der Waals surface area contributed by atoms with Crippen LogP contribution in [0.3, 0.4) is 0 Å². The number of aliphatic hydroxyl groups is 1. The Kier molecular flexibility index (Phi) is 4.96. The molecule has 96 valence electrons. The van der Waals surface area contributed by atoms with Crippen molar-refractivity contribution in [1.29, 1.82) is 0 Å². The lowest BCUT2D eigenvalue weighted by atomic mass is 9.88. The number of hydrogen-bond acceptors (Lipinski definition) is 1. The smallest absolute Gasteiger partial charge is 0.142 e. The van der Waals surface area contributed by atoms with Crippen LogP contribution in [0.2, 0.25) is 5.02 Å². The van der Waals surface area contributed by atoms with Crippen molar-refractivity contribution in [1.82, 2.24) is 0 Å². The van der Waals surface area contributed by atoms with E-state index in [-0.39, 0.29) is 10.4 Å². The Bertz CT molecular complexity index is 371. The summed E-state index contributed by atoms with van der Waals surface area (Å²) in [5, 5.41) is 10.0. The van der Waals surface area contributed by atoms with Crippen molar-refractivity contribution in [3.05, 3.63) is 34.6 Å². The van der Waals surface area contributed by atoms with E-state index in [0.29, 0.717) is 12.0 Å². The molecular weight excluding hydrogens is 239 g/mol. The molecule has 17 heavy (non-hydrogen) atoms. The first kappa shape index (κ1) is 14.5. The molecule has 1 nitrogen and oxygen atoms in total. The van der Waals surface area contributed by atoms with Gasteiger partial charge in [0.15, 0.2) is 0 Å². The van der Waals surface area contributed by atoms with Crippen molar-refractivity contribution in [3.8, 4) is 0 Å². The van der Waals surface area contributed by atoms with Gasteiger partial charge in [-0.2, -0.15) is 0 Å². The molecule has 0 aromatic heterocycles. The van der Waals surface area contributed by atoms with Gasteiger partial charge in [0.2, 0.25) is 0 Å². The maximum Gasteiger partial charge on any atom is 0.142 e. The molecule has 1 aromatic carbocycles. The van der Waals surface area contributed by atoms with Gasteiger partial charge in [-0.05, 0) is 36.0 Å². The van der Waals surface area contributed by atoms with E-state index in [2.05, 4.69) is 20.8 Å². The Balaban J connectivity index is 2.52. The molecule has 0 fully saturated rings. The van der Waals surface area contributed by atoms with Crippen LogP contribution in [0.4, 0.5) is 4.39 Å². The minimum absolute atomic E-state index is 0.0932. The second-order valence-electron chi connectivity index (χ2n) is 5.64. The van der Waals surface area contributed by atoms with Gasteiger partial charge in [0.1, 0.15) is 5.82 Å². The van der Waals surface area contributed by atoms with Crippen LogP contribution < -0.4 is 0 Å². The lowest BCUT2D eigenvalue weighted by Crippen LogP contribution is -2.06. The molecule has 0 heterocycles. The molecule has 0 aliphatic carbocycles. The van der Waals surface area contributed by atoms with Crippen LogP contribution in [-0.4, -0.2) is 5.11 Å². The fourth-order valence-electron chi connectivity index (χ4n) is 1.71. The van der Waals surface area contributed by atoms with E-state index in [9.17, 15) is 9.50 Å². The third-order valence-corrected chi connectivity index (χ3v) is 3.04. The van der Waals surface area contributed by atoms with Gasteiger partial charge in [-0.3, -0.25) is 0 Å². The highest BCUT2D eigenvalue weighted by Gasteiger charge is 2.13. The van der Waals surface area contributed by atoms with Gasteiger partial charge in [0, 0.05) is 0 Å². The number of halogens is 2. The largest absolute Gasteiger partial charge is 0.388 e. The summed E-state index contributed by atoms with van der Waals surface area (Å²) in [6.07, 6.45) is 2.01. The summed E-state index contributed by atoms with van der Waals surface area (Å²) in [6, 6.07) is 4.47. The first-order chi connectivity index (χ1) is 7.79. The predicted molar refractivity (Wildman–Crippen MR) is 69.7 cm³/mol. The number of hydrogen-bond donors (Lipinski definition) is 1. The van der Waals surface area contributed by atoms with Crippen LogP contribution in [-0.2, 0) is 0 Å². The Morgan fingerprint density at radius 3 is 2.53 bits per heavy atom. The average Bonchev–Trinajstić information content (AvgIpc) is 2.20. The topological polar surface area (TPSA) is 20.2 Å². The molecule has 0 aliphatic rings. The summed E-state index contributed by atoms with van der Waals surface area (Å²) in [5.74, 6) is -0.473. The summed E-state index contributed by atoms with van der Waals surface area (Å²) < 4.78 is 13.2. The van der Waals surface area contributed by atoms with E-state index in [1.54, 1.807) is 6.07 Å². The van der Waals surface area contributed by atoms with Gasteiger partial charge in [-0.1, -0.05) is 44.9 Å². The van der Waals surface area contributed by atoms with E-state index in [1.165, 1.54) is 12.1 Å². The molecule has 0 spiro atoms. The van der Waals surface area contributed by atoms with Crippen LogP contribution in [0.25, 0.3) is 0 Å². The van der Waals surface area contributed by atoms with Crippen molar-refractivity contribution < 1.29 is 9.50 Å². The third-order valence-electron chi connectivity index (χ3n) is 2.73. The lowest BCUT2D eigenvalue weighted by molar-refractivity contribution is 0.157. The lowest BCUT2D eigenvalue weighted by Gasteiger charge is -2.19. The molecular formula is C14H20ClFO. The normalized spacial score (nSPS) is 13.8. The number of aliphatic hydroxyl groups excluding tert-OH is 1. The molecule has 0 saturated heterocycles. The minimum Gasteiger partial charge on any atom is -0.388 e. The second kappa shape index (κ2) is 5.83. The van der Waals surface area contributed by atoms with Crippen molar-refractivity contribution in [2.75, 3.05) is 0 Å². The van der Waals surface area contributed by atoms with Gasteiger partial charge < -0.3 is 5.11 Å². The van der Waals surface area contributed by atoms with Gasteiger partial charge in [0.05, 0.1) is 11.1 Å². The summed E-state index contributed by atoms with van der Waals surface area (Å²) in [4.78, 5) is 0. The third kappa shape index (κ3) is 5.05.